The van der Waals surface area contributed by atoms with Crippen molar-refractivity contribution in [2.75, 3.05) is 18.0 Å². The average molecular weight is 217 g/mol. The lowest BCUT2D eigenvalue weighted by atomic mass is 10.1. The maximum atomic E-state index is 9.88. The highest BCUT2D eigenvalue weighted by atomic mass is 16.3. The Morgan fingerprint density at radius 1 is 1.44 bits per heavy atom. The molecule has 2 rings (SSSR count). The molecule has 86 valence electrons. The van der Waals surface area contributed by atoms with Gasteiger partial charge < -0.3 is 10.0 Å². The summed E-state index contributed by atoms with van der Waals surface area (Å²) in [6.07, 6.45) is 4.41. The molecule has 1 unspecified atom stereocenters. The fourth-order valence-corrected chi connectivity index (χ4v) is 2.25. The number of hydrogen-bond acceptors (Lipinski definition) is 2. The molecule has 1 atom stereocenters. The Bertz CT molecular complexity index is 362. The van der Waals surface area contributed by atoms with Crippen LogP contribution in [-0.2, 0) is 6.42 Å². The zero-order valence-corrected chi connectivity index (χ0v) is 9.60. The molecule has 0 saturated carbocycles. The van der Waals surface area contributed by atoms with Crippen molar-refractivity contribution in [2.24, 2.45) is 0 Å². The lowest BCUT2D eigenvalue weighted by molar-refractivity contribution is 0.171. The van der Waals surface area contributed by atoms with Crippen molar-refractivity contribution in [3.8, 4) is 0 Å². The zero-order valence-electron chi connectivity index (χ0n) is 9.60. The predicted octanol–water partition coefficient (Wildman–Crippen LogP) is 2.38. The molecule has 0 spiro atoms. The summed E-state index contributed by atoms with van der Waals surface area (Å²) in [5.41, 5.74) is 2.69. The van der Waals surface area contributed by atoms with Crippen LogP contribution in [0.5, 0.6) is 0 Å². The molecule has 2 nitrogen and oxygen atoms in total. The molecule has 0 fully saturated rings. The zero-order chi connectivity index (χ0) is 11.4. The minimum Gasteiger partial charge on any atom is -0.391 e. The van der Waals surface area contributed by atoms with Gasteiger partial charge in [0.15, 0.2) is 0 Å². The van der Waals surface area contributed by atoms with Crippen LogP contribution in [0.1, 0.15) is 18.4 Å². The number of aliphatic hydroxyl groups is 1. The van der Waals surface area contributed by atoms with Crippen LogP contribution in [0.2, 0.25) is 0 Å². The van der Waals surface area contributed by atoms with E-state index in [9.17, 15) is 5.11 Å². The minimum absolute atomic E-state index is 0.246. The summed E-state index contributed by atoms with van der Waals surface area (Å²) in [5.74, 6) is 0. The van der Waals surface area contributed by atoms with Crippen LogP contribution in [-0.4, -0.2) is 24.3 Å². The van der Waals surface area contributed by atoms with Gasteiger partial charge in [-0.1, -0.05) is 24.3 Å². The monoisotopic (exact) mass is 217 g/mol. The number of allylic oxidation sites excluding steroid dienone is 1. The third-order valence-electron chi connectivity index (χ3n) is 3.12. The van der Waals surface area contributed by atoms with Crippen molar-refractivity contribution in [2.45, 2.75) is 25.4 Å². The second kappa shape index (κ2) is 5.17. The van der Waals surface area contributed by atoms with E-state index in [0.717, 1.165) is 32.4 Å². The second-order valence-electron chi connectivity index (χ2n) is 4.34. The number of para-hydroxylation sites is 1. The fourth-order valence-electron chi connectivity index (χ4n) is 2.25. The molecule has 0 aliphatic carbocycles. The van der Waals surface area contributed by atoms with Crippen molar-refractivity contribution < 1.29 is 5.11 Å². The first-order valence-corrected chi connectivity index (χ1v) is 5.93. The largest absolute Gasteiger partial charge is 0.391 e. The van der Waals surface area contributed by atoms with Gasteiger partial charge in [0.1, 0.15) is 0 Å². The van der Waals surface area contributed by atoms with Gasteiger partial charge in [0.2, 0.25) is 0 Å². The number of benzene rings is 1. The Morgan fingerprint density at radius 3 is 3.06 bits per heavy atom. The molecule has 1 aromatic carbocycles. The molecule has 0 amide bonds. The van der Waals surface area contributed by atoms with E-state index in [-0.39, 0.29) is 6.10 Å². The molecule has 0 aromatic heterocycles. The Hall–Kier alpha value is -1.28. The summed E-state index contributed by atoms with van der Waals surface area (Å²) in [6.45, 7) is 5.45. The van der Waals surface area contributed by atoms with Crippen LogP contribution in [0, 0.1) is 0 Å². The van der Waals surface area contributed by atoms with Gasteiger partial charge in [-0.3, -0.25) is 0 Å². The average Bonchev–Trinajstić information content (AvgIpc) is 2.70. The first-order chi connectivity index (χ1) is 7.81. The number of fused-ring (bicyclic) bond motifs is 1. The molecule has 16 heavy (non-hydrogen) atoms. The van der Waals surface area contributed by atoms with Crippen LogP contribution >= 0.6 is 0 Å². The minimum atomic E-state index is -0.246. The smallest absolute Gasteiger partial charge is 0.0718 e. The number of hydrogen-bond donors (Lipinski definition) is 1. The van der Waals surface area contributed by atoms with Gasteiger partial charge in [0.05, 0.1) is 6.10 Å². The molecule has 1 aliphatic heterocycles. The fraction of sp³-hybridized carbons (Fsp3) is 0.429. The lowest BCUT2D eigenvalue weighted by Gasteiger charge is -2.22. The molecule has 1 N–H and O–H groups in total. The van der Waals surface area contributed by atoms with Crippen molar-refractivity contribution in [1.82, 2.24) is 0 Å². The molecule has 1 aliphatic rings. The maximum Gasteiger partial charge on any atom is 0.0718 e. The Kier molecular flexibility index (Phi) is 3.62. The van der Waals surface area contributed by atoms with E-state index >= 15 is 0 Å². The molecule has 0 radical (unpaired) electrons. The van der Waals surface area contributed by atoms with Gasteiger partial charge in [-0.15, -0.1) is 6.58 Å². The van der Waals surface area contributed by atoms with Crippen LogP contribution < -0.4 is 4.90 Å². The van der Waals surface area contributed by atoms with E-state index in [2.05, 4.69) is 35.7 Å². The number of β-amino-alcohol motifs (C(OH)–C–C–N with tert-alkyl or cyclic N) is 1. The van der Waals surface area contributed by atoms with Gasteiger partial charge >= 0.3 is 0 Å². The number of rotatable bonds is 5. The van der Waals surface area contributed by atoms with E-state index in [1.165, 1.54) is 11.3 Å². The maximum absolute atomic E-state index is 9.88. The van der Waals surface area contributed by atoms with E-state index in [4.69, 9.17) is 0 Å². The topological polar surface area (TPSA) is 23.5 Å². The molecule has 1 aromatic rings. The highest BCUT2D eigenvalue weighted by Gasteiger charge is 2.20. The van der Waals surface area contributed by atoms with Crippen LogP contribution in [0.4, 0.5) is 5.69 Å². The van der Waals surface area contributed by atoms with Crippen LogP contribution in [0.25, 0.3) is 0 Å². The summed E-state index contributed by atoms with van der Waals surface area (Å²) >= 11 is 0. The summed E-state index contributed by atoms with van der Waals surface area (Å²) < 4.78 is 0. The number of aliphatic hydroxyl groups excluding tert-OH is 1. The predicted molar refractivity (Wildman–Crippen MR) is 67.8 cm³/mol. The van der Waals surface area contributed by atoms with Gasteiger partial charge in [0.25, 0.3) is 0 Å². The third kappa shape index (κ3) is 2.45. The first-order valence-electron chi connectivity index (χ1n) is 5.93. The summed E-state index contributed by atoms with van der Waals surface area (Å²) in [7, 11) is 0. The standard InChI is InChI=1S/C14H19NO/c1-2-3-7-13(16)11-15-10-9-12-6-4-5-8-14(12)15/h2,4-6,8,13,16H,1,3,7,9-11H2. The highest BCUT2D eigenvalue weighted by molar-refractivity contribution is 5.57. The summed E-state index contributed by atoms with van der Waals surface area (Å²) in [6, 6.07) is 8.46. The van der Waals surface area contributed by atoms with E-state index < -0.39 is 0 Å². The van der Waals surface area contributed by atoms with Gasteiger partial charge in [-0.2, -0.15) is 0 Å². The Labute approximate surface area is 97.2 Å². The third-order valence-corrected chi connectivity index (χ3v) is 3.12. The molecule has 0 bridgehead atoms. The van der Waals surface area contributed by atoms with Crippen molar-refractivity contribution in [3.05, 3.63) is 42.5 Å². The summed E-state index contributed by atoms with van der Waals surface area (Å²) in [5, 5.41) is 9.88. The lowest BCUT2D eigenvalue weighted by Crippen LogP contribution is -2.30. The van der Waals surface area contributed by atoms with Gasteiger partial charge in [-0.05, 0) is 30.9 Å². The van der Waals surface area contributed by atoms with E-state index in [0.29, 0.717) is 0 Å². The number of anilines is 1. The summed E-state index contributed by atoms with van der Waals surface area (Å²) in [4.78, 5) is 2.28. The van der Waals surface area contributed by atoms with Gasteiger partial charge in [-0.25, -0.2) is 0 Å². The SMILES string of the molecule is C=CCCC(O)CN1CCc2ccccc21. The molecular formula is C14H19NO. The normalized spacial score (nSPS) is 15.9. The van der Waals surface area contributed by atoms with E-state index in [1.54, 1.807) is 0 Å². The molecular weight excluding hydrogens is 198 g/mol. The van der Waals surface area contributed by atoms with E-state index in [1.807, 2.05) is 6.08 Å². The van der Waals surface area contributed by atoms with Crippen LogP contribution in [0.3, 0.4) is 0 Å². The Morgan fingerprint density at radius 2 is 2.25 bits per heavy atom. The van der Waals surface area contributed by atoms with Crippen molar-refractivity contribution in [3.63, 3.8) is 0 Å². The van der Waals surface area contributed by atoms with Crippen LogP contribution in [0.15, 0.2) is 36.9 Å². The molecule has 0 saturated heterocycles. The second-order valence-corrected chi connectivity index (χ2v) is 4.34. The Balaban J connectivity index is 1.95. The van der Waals surface area contributed by atoms with Crippen molar-refractivity contribution in [1.29, 1.82) is 0 Å². The molecule has 2 heteroatoms. The van der Waals surface area contributed by atoms with Gasteiger partial charge in [0, 0.05) is 18.8 Å². The molecule has 1 heterocycles. The highest BCUT2D eigenvalue weighted by Crippen LogP contribution is 2.27. The quantitative estimate of drug-likeness (QED) is 0.765. The number of nitrogens with zero attached hydrogens (tertiary/aromatic N) is 1. The first kappa shape index (κ1) is 11.2. The van der Waals surface area contributed by atoms with Crippen molar-refractivity contribution >= 4 is 5.69 Å².